The molecule has 0 aromatic rings. The molecule has 0 aromatic heterocycles. The summed E-state index contributed by atoms with van der Waals surface area (Å²) in [6.07, 6.45) is 0. The van der Waals surface area contributed by atoms with Gasteiger partial charge in [0.25, 0.3) is 0 Å². The second-order valence-corrected chi connectivity index (χ2v) is 14.9. The van der Waals surface area contributed by atoms with Crippen LogP contribution in [0.1, 0.15) is 0 Å². The van der Waals surface area contributed by atoms with E-state index in [0.717, 1.165) is 10.5 Å². The highest BCUT2D eigenvalue weighted by Gasteiger charge is 2.16. The molecule has 0 aromatic carbocycles. The SMILES string of the molecule is C=C[SiH2][Si](C)(C)O[SiH3]. The molecule has 0 saturated carbocycles. The normalized spacial score (nSPS) is 13.2. The Kier molecular flexibility index (Phi) is 3.54. The van der Waals surface area contributed by atoms with Gasteiger partial charge in [0.1, 0.15) is 10.5 Å². The lowest BCUT2D eigenvalue weighted by molar-refractivity contribution is 0.636. The van der Waals surface area contributed by atoms with Gasteiger partial charge in [-0.2, -0.15) is 0 Å². The lowest BCUT2D eigenvalue weighted by atomic mass is 11.3. The molecule has 48 valence electrons. The zero-order valence-electron chi connectivity index (χ0n) is 5.90. The fourth-order valence-corrected chi connectivity index (χ4v) is 5.38. The molecule has 0 amide bonds. The molecule has 0 spiro atoms. The van der Waals surface area contributed by atoms with Crippen molar-refractivity contribution in [1.29, 1.82) is 0 Å². The highest BCUT2D eigenvalue weighted by atomic mass is 29.2. The van der Waals surface area contributed by atoms with E-state index in [1.165, 1.54) is 0 Å². The Morgan fingerprint density at radius 3 is 2.38 bits per heavy atom. The number of hydrogen-bond donors (Lipinski definition) is 0. The van der Waals surface area contributed by atoms with Crippen molar-refractivity contribution in [2.75, 3.05) is 0 Å². The molecule has 0 atom stereocenters. The fraction of sp³-hybridized carbons (Fsp3) is 0.500. The maximum atomic E-state index is 5.45. The molecule has 8 heavy (non-hydrogen) atoms. The molecule has 0 aliphatic heterocycles. The smallest absolute Gasteiger partial charge is 0.156 e. The average Bonchev–Trinajstić information content (AvgIpc) is 1.67. The maximum absolute atomic E-state index is 5.45. The van der Waals surface area contributed by atoms with Crippen molar-refractivity contribution >= 4 is 27.4 Å². The van der Waals surface area contributed by atoms with E-state index in [1.807, 2.05) is 0 Å². The van der Waals surface area contributed by atoms with Gasteiger partial charge in [-0.25, -0.2) is 0 Å². The van der Waals surface area contributed by atoms with Gasteiger partial charge in [-0.3, -0.25) is 0 Å². The van der Waals surface area contributed by atoms with E-state index in [1.54, 1.807) is 0 Å². The molecule has 0 aliphatic carbocycles. The lowest BCUT2D eigenvalue weighted by Gasteiger charge is -2.17. The first kappa shape index (κ1) is 8.35. The molecular weight excluding hydrogens is 148 g/mol. The largest absolute Gasteiger partial charge is 0.466 e. The molecule has 0 radical (unpaired) electrons. The standard InChI is InChI=1S/C4H14OSi3/c1-4-7-8(2,3)5-6/h4H,1,7H2,2-3,6H3. The minimum atomic E-state index is -1.09. The van der Waals surface area contributed by atoms with Crippen LogP contribution >= 0.6 is 0 Å². The highest BCUT2D eigenvalue weighted by Crippen LogP contribution is 1.97. The summed E-state index contributed by atoms with van der Waals surface area (Å²) in [6.45, 7) is 8.27. The third-order valence-electron chi connectivity index (χ3n) is 1.19. The third-order valence-corrected chi connectivity index (χ3v) is 13.3. The Hall–Kier alpha value is 0.351. The van der Waals surface area contributed by atoms with Crippen molar-refractivity contribution in [2.24, 2.45) is 0 Å². The van der Waals surface area contributed by atoms with Gasteiger partial charge in [0.15, 0.2) is 7.83 Å². The number of hydrogen-bond acceptors (Lipinski definition) is 1. The first-order valence-corrected chi connectivity index (χ1v) is 9.65. The first-order chi connectivity index (χ1) is 3.62. The van der Waals surface area contributed by atoms with E-state index in [0.29, 0.717) is 0 Å². The Labute approximate surface area is 57.4 Å². The Bertz CT molecular complexity index is 81.4. The van der Waals surface area contributed by atoms with Crippen LogP contribution in [0.3, 0.4) is 0 Å². The predicted molar refractivity (Wildman–Crippen MR) is 47.2 cm³/mol. The minimum absolute atomic E-state index is 0.0351. The quantitative estimate of drug-likeness (QED) is 0.499. The van der Waals surface area contributed by atoms with E-state index in [4.69, 9.17) is 4.12 Å². The van der Waals surface area contributed by atoms with E-state index in [2.05, 4.69) is 25.4 Å². The molecule has 0 heterocycles. The molecular formula is C4H14OSi3. The van der Waals surface area contributed by atoms with E-state index in [9.17, 15) is 0 Å². The predicted octanol–water partition coefficient (Wildman–Crippen LogP) is -0.703. The van der Waals surface area contributed by atoms with Crippen molar-refractivity contribution in [3.05, 3.63) is 12.3 Å². The van der Waals surface area contributed by atoms with Crippen molar-refractivity contribution in [1.82, 2.24) is 0 Å². The number of rotatable bonds is 3. The van der Waals surface area contributed by atoms with Gasteiger partial charge in [-0.1, -0.05) is 0 Å². The summed E-state index contributed by atoms with van der Waals surface area (Å²) in [6, 6.07) is 0. The zero-order valence-corrected chi connectivity index (χ0v) is 10.3. The molecule has 0 aliphatic rings. The lowest BCUT2D eigenvalue weighted by Crippen LogP contribution is -2.36. The van der Waals surface area contributed by atoms with Gasteiger partial charge in [0, 0.05) is 0 Å². The Balaban J connectivity index is 3.53. The van der Waals surface area contributed by atoms with Crippen LogP contribution in [0.15, 0.2) is 12.3 Å². The van der Waals surface area contributed by atoms with Crippen LogP contribution in [0.25, 0.3) is 0 Å². The molecule has 4 heteroatoms. The van der Waals surface area contributed by atoms with Gasteiger partial charge >= 0.3 is 0 Å². The van der Waals surface area contributed by atoms with E-state index >= 15 is 0 Å². The zero-order chi connectivity index (χ0) is 6.62. The van der Waals surface area contributed by atoms with Crippen molar-refractivity contribution in [3.8, 4) is 0 Å². The summed E-state index contributed by atoms with van der Waals surface area (Å²) in [4.78, 5) is 0. The van der Waals surface area contributed by atoms with Crippen LogP contribution in [0.2, 0.25) is 13.1 Å². The van der Waals surface area contributed by atoms with Crippen LogP contribution in [0.4, 0.5) is 0 Å². The third kappa shape index (κ3) is 3.36. The highest BCUT2D eigenvalue weighted by molar-refractivity contribution is 7.22. The molecule has 0 unspecified atom stereocenters. The molecule has 0 fully saturated rings. The van der Waals surface area contributed by atoms with Crippen molar-refractivity contribution < 1.29 is 4.12 Å². The molecule has 1 nitrogen and oxygen atoms in total. The Morgan fingerprint density at radius 2 is 2.25 bits per heavy atom. The Morgan fingerprint density at radius 1 is 1.75 bits per heavy atom. The van der Waals surface area contributed by atoms with Gasteiger partial charge in [-0.15, -0.1) is 12.3 Å². The van der Waals surface area contributed by atoms with Crippen LogP contribution < -0.4 is 0 Å². The monoisotopic (exact) mass is 162 g/mol. The summed E-state index contributed by atoms with van der Waals surface area (Å²) in [7, 11) is -0.220. The molecule has 0 rings (SSSR count). The van der Waals surface area contributed by atoms with Crippen LogP contribution in [0.5, 0.6) is 0 Å². The summed E-state index contributed by atoms with van der Waals surface area (Å²) in [5.41, 5.74) is 2.09. The summed E-state index contributed by atoms with van der Waals surface area (Å²) < 4.78 is 5.45. The fourth-order valence-electron chi connectivity index (χ4n) is 0.431. The van der Waals surface area contributed by atoms with Gasteiger partial charge in [-0.05, 0) is 13.1 Å². The van der Waals surface area contributed by atoms with Gasteiger partial charge in [0.2, 0.25) is 0 Å². The topological polar surface area (TPSA) is 9.23 Å². The van der Waals surface area contributed by atoms with Gasteiger partial charge in [0.05, 0.1) is 9.04 Å². The van der Waals surface area contributed by atoms with E-state index in [-0.39, 0.29) is 9.04 Å². The molecule has 0 saturated heterocycles. The minimum Gasteiger partial charge on any atom is -0.466 e. The van der Waals surface area contributed by atoms with Crippen molar-refractivity contribution in [2.45, 2.75) is 13.1 Å². The second-order valence-electron chi connectivity index (χ2n) is 2.46. The van der Waals surface area contributed by atoms with Crippen LogP contribution in [-0.4, -0.2) is 27.4 Å². The first-order valence-electron chi connectivity index (χ1n) is 2.78. The van der Waals surface area contributed by atoms with Gasteiger partial charge < -0.3 is 4.12 Å². The maximum Gasteiger partial charge on any atom is 0.156 e. The summed E-state index contributed by atoms with van der Waals surface area (Å²) in [5, 5.41) is 0. The summed E-state index contributed by atoms with van der Waals surface area (Å²) in [5.74, 6) is 0. The average molecular weight is 162 g/mol. The van der Waals surface area contributed by atoms with Crippen LogP contribution in [0, 0.1) is 0 Å². The second kappa shape index (κ2) is 3.39. The van der Waals surface area contributed by atoms with Crippen LogP contribution in [-0.2, 0) is 4.12 Å². The van der Waals surface area contributed by atoms with Crippen molar-refractivity contribution in [3.63, 3.8) is 0 Å². The molecule has 0 N–H and O–H groups in total. The van der Waals surface area contributed by atoms with E-state index < -0.39 is 7.83 Å². The molecule has 0 bridgehead atoms. The summed E-state index contributed by atoms with van der Waals surface area (Å²) >= 11 is 0.